The van der Waals surface area contributed by atoms with E-state index in [-0.39, 0.29) is 22.8 Å². The highest BCUT2D eigenvalue weighted by Gasteiger charge is 2.16. The molecule has 0 N–H and O–H groups in total. The Morgan fingerprint density at radius 3 is 2.29 bits per heavy atom. The van der Waals surface area contributed by atoms with E-state index in [0.717, 1.165) is 27.2 Å². The van der Waals surface area contributed by atoms with Gasteiger partial charge in [-0.15, -0.1) is 0 Å². The van der Waals surface area contributed by atoms with Crippen LogP contribution in [-0.4, -0.2) is 5.78 Å². The van der Waals surface area contributed by atoms with Crippen LogP contribution < -0.4 is 21.5 Å². The molecule has 0 fully saturated rings. The first-order chi connectivity index (χ1) is 11.3. The number of carbonyl (C=O) groups excluding carboxylic acids is 1. The second-order valence-corrected chi connectivity index (χ2v) is 5.64. The molecule has 24 heavy (non-hydrogen) atoms. The number of benzene rings is 3. The molecule has 0 saturated heterocycles. The average molecular weight is 378 g/mol. The summed E-state index contributed by atoms with van der Waals surface area (Å²) < 4.78 is 2.01. The Hall–Kier alpha value is -2.52. The van der Waals surface area contributed by atoms with Crippen LogP contribution >= 0.6 is 0 Å². The van der Waals surface area contributed by atoms with Gasteiger partial charge in [-0.1, -0.05) is 54.6 Å². The van der Waals surface area contributed by atoms with Crippen molar-refractivity contribution in [3.8, 4) is 0 Å². The maximum atomic E-state index is 12.9. The number of hydrogen-bond acceptors (Lipinski definition) is 1. The van der Waals surface area contributed by atoms with Crippen molar-refractivity contribution in [1.29, 1.82) is 0 Å². The quantitative estimate of drug-likeness (QED) is 0.387. The largest absolute Gasteiger partial charge is 1.00 e. The average Bonchev–Trinajstić information content (AvgIpc) is 2.61. The fourth-order valence-corrected chi connectivity index (χ4v) is 3.07. The summed E-state index contributed by atoms with van der Waals surface area (Å²) in [7, 11) is 0. The molecule has 118 valence electrons. The van der Waals surface area contributed by atoms with E-state index in [1.807, 2.05) is 77.5 Å². The summed E-state index contributed by atoms with van der Waals surface area (Å²) >= 11 is 0. The first kappa shape index (κ1) is 16.3. The number of aromatic nitrogens is 1. The topological polar surface area (TPSA) is 20.9 Å². The van der Waals surface area contributed by atoms with E-state index in [4.69, 9.17) is 0 Å². The Labute approximate surface area is 151 Å². The zero-order chi connectivity index (χ0) is 15.6. The minimum Gasteiger partial charge on any atom is -1.00 e. The van der Waals surface area contributed by atoms with Crippen LogP contribution in [-0.2, 0) is 6.54 Å². The van der Waals surface area contributed by atoms with Crippen molar-refractivity contribution in [2.45, 2.75) is 6.54 Å². The summed E-state index contributed by atoms with van der Waals surface area (Å²) in [6.45, 7) is 0.343. The molecule has 0 aliphatic carbocycles. The molecular weight excluding hydrogens is 362 g/mol. The van der Waals surface area contributed by atoms with Gasteiger partial charge in [0, 0.05) is 23.1 Å². The molecule has 4 aromatic rings. The predicted molar refractivity (Wildman–Crippen MR) is 92.4 cm³/mol. The molecule has 0 atom stereocenters. The number of hydrogen-bond donors (Lipinski definition) is 0. The van der Waals surface area contributed by atoms with E-state index >= 15 is 0 Å². The standard InChI is InChI=1S/C21H16NO.BrH/c23-21(19-12-5-9-16-7-1-3-11-18(16)19)15-22-14-6-10-17-8-2-4-13-20(17)22;/h1-14H,15H2;1H/q+1;/p-1. The maximum Gasteiger partial charge on any atom is 0.228 e. The number of pyridine rings is 1. The van der Waals surface area contributed by atoms with E-state index in [0.29, 0.717) is 6.54 Å². The van der Waals surface area contributed by atoms with Gasteiger partial charge in [0.1, 0.15) is 0 Å². The summed E-state index contributed by atoms with van der Waals surface area (Å²) in [5.74, 6) is 0.128. The van der Waals surface area contributed by atoms with Crippen LogP contribution in [0.4, 0.5) is 0 Å². The second-order valence-electron chi connectivity index (χ2n) is 5.64. The van der Waals surface area contributed by atoms with Gasteiger partial charge in [0.25, 0.3) is 0 Å². The van der Waals surface area contributed by atoms with Crippen molar-refractivity contribution < 1.29 is 26.3 Å². The van der Waals surface area contributed by atoms with Crippen LogP contribution in [0.25, 0.3) is 21.7 Å². The normalized spacial score (nSPS) is 10.5. The summed E-state index contributed by atoms with van der Waals surface area (Å²) in [5.41, 5.74) is 1.85. The van der Waals surface area contributed by atoms with Crippen LogP contribution in [0, 0.1) is 0 Å². The molecule has 0 bridgehead atoms. The Morgan fingerprint density at radius 2 is 1.42 bits per heavy atom. The van der Waals surface area contributed by atoms with Crippen LogP contribution in [0.5, 0.6) is 0 Å². The highest BCUT2D eigenvalue weighted by atomic mass is 79.9. The Morgan fingerprint density at radius 1 is 0.750 bits per heavy atom. The lowest BCUT2D eigenvalue weighted by atomic mass is 10.0. The van der Waals surface area contributed by atoms with Gasteiger partial charge in [-0.25, -0.2) is 0 Å². The molecule has 0 amide bonds. The molecule has 0 unspecified atom stereocenters. The van der Waals surface area contributed by atoms with E-state index in [9.17, 15) is 4.79 Å². The molecule has 0 aliphatic heterocycles. The molecule has 4 rings (SSSR count). The van der Waals surface area contributed by atoms with Gasteiger partial charge in [-0.3, -0.25) is 4.79 Å². The number of para-hydroxylation sites is 1. The highest BCUT2D eigenvalue weighted by molar-refractivity contribution is 6.07. The Bertz CT molecular complexity index is 1020. The summed E-state index contributed by atoms with van der Waals surface area (Å²) in [5, 5.41) is 3.25. The van der Waals surface area contributed by atoms with Gasteiger partial charge in [-0.2, -0.15) is 4.57 Å². The SMILES string of the molecule is O=C(C[n+]1cccc2ccccc21)c1cccc2ccccc12.[Br-]. The first-order valence-corrected chi connectivity index (χ1v) is 7.71. The van der Waals surface area contributed by atoms with Crippen LogP contribution in [0.2, 0.25) is 0 Å². The van der Waals surface area contributed by atoms with Crippen LogP contribution in [0.15, 0.2) is 85.1 Å². The molecule has 1 heterocycles. The van der Waals surface area contributed by atoms with E-state index in [2.05, 4.69) is 12.1 Å². The smallest absolute Gasteiger partial charge is 0.228 e. The number of rotatable bonds is 3. The number of carbonyl (C=O) groups is 1. The van der Waals surface area contributed by atoms with Crippen LogP contribution in [0.3, 0.4) is 0 Å². The van der Waals surface area contributed by atoms with E-state index in [1.54, 1.807) is 0 Å². The van der Waals surface area contributed by atoms with E-state index < -0.39 is 0 Å². The summed E-state index contributed by atoms with van der Waals surface area (Å²) in [6.07, 6.45) is 1.96. The van der Waals surface area contributed by atoms with Gasteiger partial charge in [0.2, 0.25) is 17.8 Å². The van der Waals surface area contributed by atoms with Crippen molar-refractivity contribution in [3.63, 3.8) is 0 Å². The Kier molecular flexibility index (Phi) is 4.72. The minimum absolute atomic E-state index is 0. The molecule has 0 radical (unpaired) electrons. The predicted octanol–water partition coefficient (Wildman–Crippen LogP) is 1.17. The maximum absolute atomic E-state index is 12.9. The van der Waals surface area contributed by atoms with Crippen molar-refractivity contribution in [1.82, 2.24) is 0 Å². The molecule has 1 aromatic heterocycles. The summed E-state index contributed by atoms with van der Waals surface area (Å²) in [6, 6.07) is 26.1. The van der Waals surface area contributed by atoms with E-state index in [1.165, 1.54) is 0 Å². The van der Waals surface area contributed by atoms with Crippen LogP contribution in [0.1, 0.15) is 10.4 Å². The zero-order valence-corrected chi connectivity index (χ0v) is 14.6. The third-order valence-corrected chi connectivity index (χ3v) is 4.19. The molecule has 3 aromatic carbocycles. The molecule has 0 spiro atoms. The minimum atomic E-state index is 0. The van der Waals surface area contributed by atoms with Gasteiger partial charge in [-0.05, 0) is 22.9 Å². The third kappa shape index (κ3) is 2.95. The first-order valence-electron chi connectivity index (χ1n) is 7.71. The molecule has 2 nitrogen and oxygen atoms in total. The lowest BCUT2D eigenvalue weighted by Gasteiger charge is -2.05. The summed E-state index contributed by atoms with van der Waals surface area (Å²) in [4.78, 5) is 12.9. The van der Waals surface area contributed by atoms with Gasteiger partial charge in [0.05, 0.1) is 0 Å². The van der Waals surface area contributed by atoms with Crippen molar-refractivity contribution in [2.75, 3.05) is 0 Å². The fraction of sp³-hybridized carbons (Fsp3) is 0.0476. The van der Waals surface area contributed by atoms with Gasteiger partial charge < -0.3 is 17.0 Å². The molecular formula is C21H16BrNO. The monoisotopic (exact) mass is 377 g/mol. The highest BCUT2D eigenvalue weighted by Crippen LogP contribution is 2.19. The number of fused-ring (bicyclic) bond motifs is 2. The Balaban J connectivity index is 0.00000169. The molecule has 3 heteroatoms. The van der Waals surface area contributed by atoms with Crippen molar-refractivity contribution in [3.05, 3.63) is 90.6 Å². The second kappa shape index (κ2) is 6.93. The fourth-order valence-electron chi connectivity index (χ4n) is 3.07. The molecule has 0 saturated carbocycles. The van der Waals surface area contributed by atoms with Gasteiger partial charge in [0.15, 0.2) is 6.20 Å². The van der Waals surface area contributed by atoms with Crippen molar-refractivity contribution in [2.24, 2.45) is 0 Å². The lowest BCUT2D eigenvalue weighted by Crippen LogP contribution is -3.00. The number of ketones is 1. The number of halogens is 1. The molecule has 0 aliphatic rings. The third-order valence-electron chi connectivity index (χ3n) is 4.19. The lowest BCUT2D eigenvalue weighted by molar-refractivity contribution is -0.657. The van der Waals surface area contributed by atoms with Crippen molar-refractivity contribution >= 4 is 27.5 Å². The van der Waals surface area contributed by atoms with Gasteiger partial charge >= 0.3 is 0 Å². The number of Topliss-reactive ketones (excluding diaryl/α,β-unsaturated/α-hetero) is 1. The zero-order valence-electron chi connectivity index (χ0n) is 13.0. The number of nitrogens with zero attached hydrogens (tertiary/aromatic N) is 1.